The van der Waals surface area contributed by atoms with Gasteiger partial charge in [-0.05, 0) is 43.7 Å². The summed E-state index contributed by atoms with van der Waals surface area (Å²) in [4.78, 5) is 37.2. The molecule has 1 saturated heterocycles. The Morgan fingerprint density at radius 2 is 1.45 bits per heavy atom. The SMILES string of the molecule is C=C1OC(=O)c2c(Oc3cccc(OC4=CC=CC5C(=O)OC(=O)C45)c3-c3cc(C)cc(C)c3)cccc21. The summed E-state index contributed by atoms with van der Waals surface area (Å²) in [6.07, 6.45) is 4.97. The van der Waals surface area contributed by atoms with Crippen molar-refractivity contribution in [1.82, 2.24) is 0 Å². The van der Waals surface area contributed by atoms with Crippen LogP contribution in [0.3, 0.4) is 0 Å². The molecule has 2 aliphatic heterocycles. The maximum atomic E-state index is 12.6. The summed E-state index contributed by atoms with van der Waals surface area (Å²) < 4.78 is 22.8. The second-order valence-electron chi connectivity index (χ2n) is 9.40. The Labute approximate surface area is 218 Å². The topological polar surface area (TPSA) is 88.1 Å². The fourth-order valence-corrected chi connectivity index (χ4v) is 5.07. The van der Waals surface area contributed by atoms with Crippen molar-refractivity contribution < 1.29 is 33.3 Å². The Bertz CT molecular complexity index is 1600. The molecular formula is C31H22O7. The van der Waals surface area contributed by atoms with Crippen LogP contribution in [0, 0.1) is 25.7 Å². The van der Waals surface area contributed by atoms with Crippen molar-refractivity contribution in [3.8, 4) is 28.4 Å². The third-order valence-corrected chi connectivity index (χ3v) is 6.66. The predicted octanol–water partition coefficient (Wildman–Crippen LogP) is 6.05. The molecule has 7 heteroatoms. The van der Waals surface area contributed by atoms with Gasteiger partial charge < -0.3 is 18.9 Å². The van der Waals surface area contributed by atoms with Crippen molar-refractivity contribution in [1.29, 1.82) is 0 Å². The molecular weight excluding hydrogens is 484 g/mol. The lowest BCUT2D eigenvalue weighted by Gasteiger charge is -2.22. The molecule has 3 aromatic rings. The monoisotopic (exact) mass is 506 g/mol. The molecule has 2 unspecified atom stereocenters. The molecule has 0 saturated carbocycles. The van der Waals surface area contributed by atoms with Crippen LogP contribution in [0.2, 0.25) is 0 Å². The zero-order valence-corrected chi connectivity index (χ0v) is 20.6. The number of cyclic esters (lactones) is 3. The second-order valence-corrected chi connectivity index (χ2v) is 9.40. The van der Waals surface area contributed by atoms with Gasteiger partial charge in [0.1, 0.15) is 40.2 Å². The van der Waals surface area contributed by atoms with Crippen LogP contribution >= 0.6 is 0 Å². The first kappa shape index (κ1) is 23.5. The maximum absolute atomic E-state index is 12.6. The van der Waals surface area contributed by atoms with E-state index in [-0.39, 0.29) is 5.76 Å². The number of hydrogen-bond acceptors (Lipinski definition) is 7. The van der Waals surface area contributed by atoms with E-state index < -0.39 is 29.7 Å². The van der Waals surface area contributed by atoms with Gasteiger partial charge >= 0.3 is 17.9 Å². The maximum Gasteiger partial charge on any atom is 0.348 e. The molecule has 1 aliphatic carbocycles. The number of ether oxygens (including phenoxy) is 4. The minimum atomic E-state index is -0.859. The first-order valence-corrected chi connectivity index (χ1v) is 12.1. The summed E-state index contributed by atoms with van der Waals surface area (Å²) in [5.74, 6) is -1.62. The van der Waals surface area contributed by atoms with E-state index in [2.05, 4.69) is 12.6 Å². The van der Waals surface area contributed by atoms with Crippen LogP contribution in [0.1, 0.15) is 27.0 Å². The molecule has 1 fully saturated rings. The zero-order valence-electron chi connectivity index (χ0n) is 20.6. The Balaban J connectivity index is 1.48. The van der Waals surface area contributed by atoms with Gasteiger partial charge in [0.2, 0.25) is 0 Å². The van der Waals surface area contributed by atoms with Crippen LogP contribution < -0.4 is 9.47 Å². The van der Waals surface area contributed by atoms with E-state index in [4.69, 9.17) is 18.9 Å². The lowest BCUT2D eigenvalue weighted by molar-refractivity contribution is -0.153. The van der Waals surface area contributed by atoms with E-state index in [0.29, 0.717) is 39.7 Å². The van der Waals surface area contributed by atoms with E-state index in [9.17, 15) is 14.4 Å². The average Bonchev–Trinajstić information content (AvgIpc) is 3.33. The zero-order chi connectivity index (χ0) is 26.6. The number of carbonyl (C=O) groups is 3. The first-order chi connectivity index (χ1) is 18.3. The summed E-state index contributed by atoms with van der Waals surface area (Å²) in [5, 5.41) is 0. The third-order valence-electron chi connectivity index (χ3n) is 6.66. The van der Waals surface area contributed by atoms with E-state index in [0.717, 1.165) is 16.7 Å². The van der Waals surface area contributed by atoms with E-state index in [1.807, 2.05) is 26.0 Å². The summed E-state index contributed by atoms with van der Waals surface area (Å²) >= 11 is 0. The molecule has 2 atom stereocenters. The van der Waals surface area contributed by atoms with Crippen molar-refractivity contribution in [3.05, 3.63) is 107 Å². The minimum Gasteiger partial charge on any atom is -0.460 e. The number of fused-ring (bicyclic) bond motifs is 2. The molecule has 38 heavy (non-hydrogen) atoms. The molecule has 2 heterocycles. The average molecular weight is 507 g/mol. The third kappa shape index (κ3) is 3.89. The van der Waals surface area contributed by atoms with Crippen LogP contribution in [-0.4, -0.2) is 17.9 Å². The van der Waals surface area contributed by atoms with Crippen LogP contribution in [-0.2, 0) is 19.1 Å². The number of hydrogen-bond donors (Lipinski definition) is 0. The standard InChI is InChI=1S/C31H22O7/c1-16-13-17(2)15-19(14-16)26-22(36-24-9-4-7-20-18(3)35-30(33)27(20)24)11-6-12-23(26)37-25-10-5-8-21-28(25)31(34)38-29(21)32/h4-15,21,28H,3H2,1-2H3. The molecule has 3 aromatic carbocycles. The van der Waals surface area contributed by atoms with Crippen molar-refractivity contribution in [3.63, 3.8) is 0 Å². The summed E-state index contributed by atoms with van der Waals surface area (Å²) in [6, 6.07) is 16.6. The molecule has 7 nitrogen and oxygen atoms in total. The number of aryl methyl sites for hydroxylation is 2. The highest BCUT2D eigenvalue weighted by molar-refractivity contribution is 6.05. The van der Waals surface area contributed by atoms with Gasteiger partial charge in [0.05, 0.1) is 11.5 Å². The fourth-order valence-electron chi connectivity index (χ4n) is 5.07. The Kier molecular flexibility index (Phi) is 5.49. The van der Waals surface area contributed by atoms with Gasteiger partial charge in [0.25, 0.3) is 0 Å². The number of allylic oxidation sites excluding steroid dienone is 2. The van der Waals surface area contributed by atoms with Crippen molar-refractivity contribution in [2.24, 2.45) is 11.8 Å². The lowest BCUT2D eigenvalue weighted by atomic mass is 9.89. The fraction of sp³-hybridized carbons (Fsp3) is 0.129. The first-order valence-electron chi connectivity index (χ1n) is 12.1. The summed E-state index contributed by atoms with van der Waals surface area (Å²) in [5.41, 5.74) is 4.37. The number of rotatable bonds is 5. The molecule has 0 aromatic heterocycles. The molecule has 0 spiro atoms. The van der Waals surface area contributed by atoms with E-state index >= 15 is 0 Å². The predicted molar refractivity (Wildman–Crippen MR) is 138 cm³/mol. The lowest BCUT2D eigenvalue weighted by Crippen LogP contribution is -2.23. The molecule has 0 N–H and O–H groups in total. The van der Waals surface area contributed by atoms with Crippen LogP contribution in [0.25, 0.3) is 16.9 Å². The Morgan fingerprint density at radius 3 is 2.18 bits per heavy atom. The van der Waals surface area contributed by atoms with E-state index in [1.165, 1.54) is 0 Å². The van der Waals surface area contributed by atoms with Crippen molar-refractivity contribution in [2.75, 3.05) is 0 Å². The summed E-state index contributed by atoms with van der Waals surface area (Å²) in [6.45, 7) is 7.79. The number of benzene rings is 3. The highest BCUT2D eigenvalue weighted by atomic mass is 16.6. The van der Waals surface area contributed by atoms with Gasteiger partial charge in [-0.2, -0.15) is 0 Å². The quantitative estimate of drug-likeness (QED) is 0.307. The van der Waals surface area contributed by atoms with E-state index in [1.54, 1.807) is 54.6 Å². The van der Waals surface area contributed by atoms with Crippen LogP contribution in [0.4, 0.5) is 0 Å². The summed E-state index contributed by atoms with van der Waals surface area (Å²) in [7, 11) is 0. The largest absolute Gasteiger partial charge is 0.460 e. The number of carbonyl (C=O) groups excluding carboxylic acids is 3. The molecule has 0 radical (unpaired) electrons. The highest BCUT2D eigenvalue weighted by Crippen LogP contribution is 2.45. The Morgan fingerprint density at radius 1 is 0.789 bits per heavy atom. The highest BCUT2D eigenvalue weighted by Gasteiger charge is 2.47. The molecule has 188 valence electrons. The smallest absolute Gasteiger partial charge is 0.348 e. The Hall–Kier alpha value is -4.91. The van der Waals surface area contributed by atoms with Gasteiger partial charge in [-0.3, -0.25) is 9.59 Å². The molecule has 6 rings (SSSR count). The molecule has 3 aliphatic rings. The van der Waals surface area contributed by atoms with Crippen LogP contribution in [0.5, 0.6) is 17.2 Å². The second kappa shape index (κ2) is 8.88. The molecule has 0 bridgehead atoms. The molecule has 0 amide bonds. The normalized spacial score (nSPS) is 19.5. The van der Waals surface area contributed by atoms with Gasteiger partial charge in [0, 0.05) is 5.56 Å². The number of esters is 3. The van der Waals surface area contributed by atoms with Crippen molar-refractivity contribution in [2.45, 2.75) is 13.8 Å². The van der Waals surface area contributed by atoms with Gasteiger partial charge in [0.15, 0.2) is 0 Å². The minimum absolute atomic E-state index is 0.270. The van der Waals surface area contributed by atoms with Crippen molar-refractivity contribution >= 4 is 23.7 Å². The van der Waals surface area contributed by atoms with Crippen LogP contribution in [0.15, 0.2) is 85.2 Å². The van der Waals surface area contributed by atoms with Gasteiger partial charge in [-0.1, -0.05) is 66.3 Å². The van der Waals surface area contributed by atoms with Gasteiger partial charge in [-0.25, -0.2) is 4.79 Å². The van der Waals surface area contributed by atoms with Gasteiger partial charge in [-0.15, -0.1) is 0 Å².